The van der Waals surface area contributed by atoms with Crippen LogP contribution in [-0.4, -0.2) is 30.6 Å². The third-order valence-electron chi connectivity index (χ3n) is 5.00. The lowest BCUT2D eigenvalue weighted by atomic mass is 9.78. The fraction of sp³-hybridized carbons (Fsp3) is 0.217. The minimum Gasteiger partial charge on any atom is -0.468 e. The molecule has 1 aliphatic rings. The highest BCUT2D eigenvalue weighted by atomic mass is 79.9. The molecule has 0 spiro atoms. The van der Waals surface area contributed by atoms with Crippen molar-refractivity contribution in [1.82, 2.24) is 5.32 Å². The van der Waals surface area contributed by atoms with E-state index < -0.39 is 23.7 Å². The largest absolute Gasteiger partial charge is 0.468 e. The Morgan fingerprint density at radius 1 is 1.21 bits per heavy atom. The second kappa shape index (κ2) is 11.0. The average Bonchev–Trinajstić information content (AvgIpc) is 2.78. The van der Waals surface area contributed by atoms with E-state index >= 15 is 0 Å². The van der Waals surface area contributed by atoms with E-state index in [0.29, 0.717) is 11.3 Å². The molecule has 0 saturated heterocycles. The van der Waals surface area contributed by atoms with E-state index in [4.69, 9.17) is 4.74 Å². The van der Waals surface area contributed by atoms with Crippen molar-refractivity contribution in [2.45, 2.75) is 12.8 Å². The number of nitriles is 1. The van der Waals surface area contributed by atoms with Crippen molar-refractivity contribution in [1.29, 1.82) is 5.26 Å². The summed E-state index contributed by atoms with van der Waals surface area (Å²) in [6.45, 7) is 1.88. The Bertz CT molecular complexity index is 1190. The number of thioether (sulfide) groups is 1. The van der Waals surface area contributed by atoms with Gasteiger partial charge in [-0.2, -0.15) is 5.26 Å². The van der Waals surface area contributed by atoms with E-state index in [9.17, 15) is 19.6 Å². The Kier molecular flexibility index (Phi) is 8.35. The van der Waals surface area contributed by atoms with Crippen molar-refractivity contribution in [2.24, 2.45) is 5.92 Å². The number of rotatable bonds is 6. The summed E-state index contributed by atoms with van der Waals surface area (Å²) in [4.78, 5) is 37.8. The summed E-state index contributed by atoms with van der Waals surface area (Å²) in [5, 5.41) is 15.6. The van der Waals surface area contributed by atoms with E-state index in [1.807, 2.05) is 19.1 Å². The van der Waals surface area contributed by atoms with Crippen LogP contribution < -0.4 is 10.6 Å². The zero-order valence-electron chi connectivity index (χ0n) is 17.6. The van der Waals surface area contributed by atoms with Gasteiger partial charge in [0, 0.05) is 20.6 Å². The number of carbonyl (C=O) groups is 3. The number of carbonyl (C=O) groups excluding carboxylic acids is 3. The molecule has 0 bridgehead atoms. The lowest BCUT2D eigenvalue weighted by Gasteiger charge is -2.31. The fourth-order valence-corrected chi connectivity index (χ4v) is 5.21. The Labute approximate surface area is 212 Å². The van der Waals surface area contributed by atoms with Crippen LogP contribution in [0.3, 0.4) is 0 Å². The normalized spacial score (nSPS) is 17.7. The number of nitrogens with zero attached hydrogens (tertiary/aromatic N) is 1. The summed E-state index contributed by atoms with van der Waals surface area (Å²) in [6, 6.07) is 14.7. The molecule has 0 unspecified atom stereocenters. The predicted octanol–water partition coefficient (Wildman–Crippen LogP) is 4.63. The van der Waals surface area contributed by atoms with Crippen molar-refractivity contribution in [3.05, 3.63) is 73.1 Å². The monoisotopic (exact) mass is 591 g/mol. The third-order valence-corrected chi connectivity index (χ3v) is 7.01. The minimum atomic E-state index is -1.22. The van der Waals surface area contributed by atoms with Gasteiger partial charge in [0.2, 0.25) is 11.8 Å². The zero-order chi connectivity index (χ0) is 24.1. The molecular weight excluding hydrogens is 574 g/mol. The van der Waals surface area contributed by atoms with Gasteiger partial charge in [-0.15, -0.1) is 0 Å². The summed E-state index contributed by atoms with van der Waals surface area (Å²) in [5.74, 6) is -3.71. The number of aryl methyl sites for hydroxylation is 1. The quantitative estimate of drug-likeness (QED) is 0.374. The van der Waals surface area contributed by atoms with E-state index in [1.54, 1.807) is 30.3 Å². The molecule has 10 heteroatoms. The van der Waals surface area contributed by atoms with E-state index in [1.165, 1.54) is 7.11 Å². The maximum absolute atomic E-state index is 12.9. The standard InChI is InChI=1S/C23H19Br2N3O4S/c1-12-8-15(25)6-7-17(12)27-18(29)11-33-22-16(10-26)19(13-4-3-5-14(24)9-13)20(21(30)28-22)23(31)32-2/h3-9,19-20H,11H2,1-2H3,(H,27,29)(H,28,30)/t19-,20-/m0/s1. The number of methoxy groups -OCH3 is 1. The maximum Gasteiger partial charge on any atom is 0.319 e. The van der Waals surface area contributed by atoms with Crippen LogP contribution in [0.1, 0.15) is 17.0 Å². The van der Waals surface area contributed by atoms with Crippen LogP contribution in [0.2, 0.25) is 0 Å². The lowest BCUT2D eigenvalue weighted by Crippen LogP contribution is -2.44. The summed E-state index contributed by atoms with van der Waals surface area (Å²) < 4.78 is 6.48. The molecule has 3 rings (SSSR count). The number of hydrogen-bond acceptors (Lipinski definition) is 6. The number of ether oxygens (including phenoxy) is 1. The molecule has 0 aliphatic carbocycles. The van der Waals surface area contributed by atoms with Crippen molar-refractivity contribution in [2.75, 3.05) is 18.2 Å². The molecule has 1 heterocycles. The van der Waals surface area contributed by atoms with Gasteiger partial charge in [0.1, 0.15) is 5.92 Å². The Balaban J connectivity index is 1.89. The highest BCUT2D eigenvalue weighted by Gasteiger charge is 2.44. The van der Waals surface area contributed by atoms with Crippen LogP contribution in [0.5, 0.6) is 0 Å². The third kappa shape index (κ3) is 5.85. The van der Waals surface area contributed by atoms with Gasteiger partial charge in [0.05, 0.1) is 29.5 Å². The number of anilines is 1. The Morgan fingerprint density at radius 3 is 2.58 bits per heavy atom. The van der Waals surface area contributed by atoms with E-state index in [0.717, 1.165) is 26.3 Å². The molecule has 33 heavy (non-hydrogen) atoms. The van der Waals surface area contributed by atoms with Crippen molar-refractivity contribution < 1.29 is 19.1 Å². The first-order valence-corrected chi connectivity index (χ1v) is 12.3. The molecule has 1 aliphatic heterocycles. The second-order valence-electron chi connectivity index (χ2n) is 7.17. The molecule has 2 aromatic carbocycles. The Hall–Kier alpha value is -2.61. The van der Waals surface area contributed by atoms with Crippen LogP contribution in [0, 0.1) is 24.2 Å². The smallest absolute Gasteiger partial charge is 0.319 e. The summed E-state index contributed by atoms with van der Waals surface area (Å²) in [7, 11) is 1.20. The predicted molar refractivity (Wildman–Crippen MR) is 133 cm³/mol. The average molecular weight is 593 g/mol. The first kappa shape index (κ1) is 25.0. The zero-order valence-corrected chi connectivity index (χ0v) is 21.6. The molecule has 2 amide bonds. The van der Waals surface area contributed by atoms with Gasteiger partial charge in [-0.3, -0.25) is 14.4 Å². The van der Waals surface area contributed by atoms with Gasteiger partial charge in [0.15, 0.2) is 0 Å². The van der Waals surface area contributed by atoms with Crippen LogP contribution in [0.25, 0.3) is 0 Å². The molecule has 7 nitrogen and oxygen atoms in total. The number of esters is 1. The van der Waals surface area contributed by atoms with Gasteiger partial charge in [-0.25, -0.2) is 0 Å². The molecule has 0 aromatic heterocycles. The molecule has 0 saturated carbocycles. The highest BCUT2D eigenvalue weighted by molar-refractivity contribution is 9.10. The molecule has 0 fully saturated rings. The van der Waals surface area contributed by atoms with Crippen LogP contribution in [0.4, 0.5) is 5.69 Å². The number of hydrogen-bond donors (Lipinski definition) is 2. The van der Waals surface area contributed by atoms with Gasteiger partial charge < -0.3 is 15.4 Å². The second-order valence-corrected chi connectivity index (χ2v) is 9.99. The molecule has 2 atom stereocenters. The number of benzene rings is 2. The lowest BCUT2D eigenvalue weighted by molar-refractivity contribution is -0.150. The topological polar surface area (TPSA) is 108 Å². The number of amides is 2. The van der Waals surface area contributed by atoms with Crippen LogP contribution in [0.15, 0.2) is 62.0 Å². The SMILES string of the molecule is COC(=O)[C@@H]1C(=O)NC(SCC(=O)Nc2ccc(Br)cc2C)=C(C#N)[C@@H]1c1cccc(Br)c1. The molecule has 0 radical (unpaired) electrons. The fourth-order valence-electron chi connectivity index (χ4n) is 3.47. The van der Waals surface area contributed by atoms with Crippen LogP contribution >= 0.6 is 43.6 Å². The summed E-state index contributed by atoms with van der Waals surface area (Å²) >= 11 is 7.81. The molecule has 2 N–H and O–H groups in total. The van der Waals surface area contributed by atoms with E-state index in [-0.39, 0.29) is 22.3 Å². The van der Waals surface area contributed by atoms with Gasteiger partial charge >= 0.3 is 5.97 Å². The molecule has 170 valence electrons. The van der Waals surface area contributed by atoms with Crippen LogP contribution in [-0.2, 0) is 19.1 Å². The first-order valence-electron chi connectivity index (χ1n) is 9.72. The molecule has 2 aromatic rings. The van der Waals surface area contributed by atoms with Gasteiger partial charge in [0.25, 0.3) is 0 Å². The highest BCUT2D eigenvalue weighted by Crippen LogP contribution is 2.40. The summed E-state index contributed by atoms with van der Waals surface area (Å²) in [6.07, 6.45) is 0. The Morgan fingerprint density at radius 2 is 1.94 bits per heavy atom. The first-order chi connectivity index (χ1) is 15.7. The van der Waals surface area contributed by atoms with Crippen molar-refractivity contribution >= 4 is 67.1 Å². The number of nitrogens with one attached hydrogen (secondary N) is 2. The maximum atomic E-state index is 12.9. The van der Waals surface area contributed by atoms with E-state index in [2.05, 4.69) is 48.6 Å². The molecular formula is C23H19Br2N3O4S. The summed E-state index contributed by atoms with van der Waals surface area (Å²) in [5.41, 5.74) is 2.37. The van der Waals surface area contributed by atoms with Crippen molar-refractivity contribution in [3.63, 3.8) is 0 Å². The number of halogens is 2. The minimum absolute atomic E-state index is 0.0373. The number of allylic oxidation sites excluding steroid dienone is 1. The van der Waals surface area contributed by atoms with Gasteiger partial charge in [-0.05, 0) is 48.4 Å². The van der Waals surface area contributed by atoms with Gasteiger partial charge in [-0.1, -0.05) is 55.8 Å². The van der Waals surface area contributed by atoms with Crippen molar-refractivity contribution in [3.8, 4) is 6.07 Å².